The molecule has 0 radical (unpaired) electrons. The molecule has 0 spiro atoms. The third kappa shape index (κ3) is 3.49. The number of carbonyl (C=O) groups is 1. The molecular weight excluding hydrogens is 387 g/mol. The molecular formula is C19H24F3N5O2. The minimum Gasteiger partial charge on any atom is -0.367 e. The number of nitrogens with one attached hydrogen (secondary N) is 1. The summed E-state index contributed by atoms with van der Waals surface area (Å²) in [6, 6.07) is -0.159. The number of aryl methyl sites for hydroxylation is 2. The van der Waals surface area contributed by atoms with Crippen molar-refractivity contribution in [3.8, 4) is 0 Å². The van der Waals surface area contributed by atoms with E-state index in [1.807, 2.05) is 6.92 Å². The SMILES string of the molecule is CC[C@@H]1C[C@H](C(F)(F)F)n2nc([C@H]3CCN(C(=O)c4c(C)noc4C)C3)cc2N1. The molecule has 10 heteroatoms. The van der Waals surface area contributed by atoms with E-state index in [0.717, 1.165) is 4.68 Å². The number of alkyl halides is 3. The van der Waals surface area contributed by atoms with Crippen molar-refractivity contribution in [3.63, 3.8) is 0 Å². The third-order valence-corrected chi connectivity index (χ3v) is 5.92. The number of carbonyl (C=O) groups excluding carboxylic acids is 1. The van der Waals surface area contributed by atoms with E-state index in [1.165, 1.54) is 0 Å². The average molecular weight is 411 g/mol. The number of amides is 1. The van der Waals surface area contributed by atoms with E-state index in [9.17, 15) is 18.0 Å². The normalized spacial score (nSPS) is 24.5. The van der Waals surface area contributed by atoms with E-state index in [0.29, 0.717) is 54.5 Å². The summed E-state index contributed by atoms with van der Waals surface area (Å²) in [6.07, 6.45) is -3.13. The van der Waals surface area contributed by atoms with Crippen LogP contribution in [0.1, 0.15) is 65.7 Å². The highest BCUT2D eigenvalue weighted by Gasteiger charge is 2.46. The standard InChI is InChI=1S/C19H24F3N5O2/c1-4-13-7-15(19(20,21)22)27-16(23-13)8-14(24-27)12-5-6-26(9-12)18(28)17-10(2)25-29-11(17)3/h8,12-13,15,23H,4-7,9H2,1-3H3/t12-,13+,15+/m0/s1. The van der Waals surface area contributed by atoms with Crippen LogP contribution in [-0.4, -0.2) is 51.1 Å². The first-order valence-corrected chi connectivity index (χ1v) is 9.83. The second kappa shape index (κ2) is 7.07. The van der Waals surface area contributed by atoms with Crippen molar-refractivity contribution in [1.29, 1.82) is 0 Å². The number of nitrogens with zero attached hydrogens (tertiary/aromatic N) is 4. The van der Waals surface area contributed by atoms with Crippen LogP contribution in [0.15, 0.2) is 10.6 Å². The predicted octanol–water partition coefficient (Wildman–Crippen LogP) is 3.82. The molecule has 0 unspecified atom stereocenters. The van der Waals surface area contributed by atoms with E-state index in [4.69, 9.17) is 4.52 Å². The van der Waals surface area contributed by atoms with Gasteiger partial charge in [0, 0.05) is 31.1 Å². The summed E-state index contributed by atoms with van der Waals surface area (Å²) in [6.45, 7) is 6.20. The monoisotopic (exact) mass is 411 g/mol. The minimum atomic E-state index is -4.35. The van der Waals surface area contributed by atoms with Gasteiger partial charge >= 0.3 is 6.18 Å². The van der Waals surface area contributed by atoms with Crippen molar-refractivity contribution in [2.45, 2.75) is 64.2 Å². The van der Waals surface area contributed by atoms with Gasteiger partial charge < -0.3 is 14.7 Å². The fourth-order valence-corrected chi connectivity index (χ4v) is 4.27. The summed E-state index contributed by atoms with van der Waals surface area (Å²) in [5.41, 5.74) is 1.59. The molecule has 0 bridgehead atoms. The summed E-state index contributed by atoms with van der Waals surface area (Å²) in [7, 11) is 0. The van der Waals surface area contributed by atoms with Crippen molar-refractivity contribution in [1.82, 2.24) is 19.8 Å². The van der Waals surface area contributed by atoms with Crippen LogP contribution in [0.2, 0.25) is 0 Å². The molecule has 2 aliphatic heterocycles. The number of anilines is 1. The summed E-state index contributed by atoms with van der Waals surface area (Å²) in [4.78, 5) is 14.5. The first-order valence-electron chi connectivity index (χ1n) is 9.83. The Bertz CT molecular complexity index is 900. The van der Waals surface area contributed by atoms with Crippen molar-refractivity contribution in [2.75, 3.05) is 18.4 Å². The molecule has 2 aromatic heterocycles. The van der Waals surface area contributed by atoms with Crippen molar-refractivity contribution < 1.29 is 22.5 Å². The number of aromatic nitrogens is 3. The van der Waals surface area contributed by atoms with Crippen molar-refractivity contribution in [2.24, 2.45) is 0 Å². The van der Waals surface area contributed by atoms with E-state index in [2.05, 4.69) is 15.6 Å². The van der Waals surface area contributed by atoms with Crippen LogP contribution in [-0.2, 0) is 0 Å². The Hall–Kier alpha value is -2.52. The fraction of sp³-hybridized carbons (Fsp3) is 0.632. The second-order valence-electron chi connectivity index (χ2n) is 7.88. The number of halogens is 3. The highest BCUT2D eigenvalue weighted by atomic mass is 19.4. The number of hydrogen-bond donors (Lipinski definition) is 1. The highest BCUT2D eigenvalue weighted by molar-refractivity contribution is 5.96. The largest absolute Gasteiger partial charge is 0.410 e. The highest BCUT2D eigenvalue weighted by Crippen LogP contribution is 2.41. The van der Waals surface area contributed by atoms with Gasteiger partial charge in [-0.2, -0.15) is 18.3 Å². The van der Waals surface area contributed by atoms with E-state index in [-0.39, 0.29) is 24.3 Å². The Labute approximate surface area is 166 Å². The number of likely N-dealkylation sites (tertiary alicyclic amines) is 1. The summed E-state index contributed by atoms with van der Waals surface area (Å²) in [5, 5.41) is 11.3. The lowest BCUT2D eigenvalue weighted by Crippen LogP contribution is -2.38. The van der Waals surface area contributed by atoms with Crippen LogP contribution < -0.4 is 5.32 Å². The molecule has 2 aliphatic rings. The molecule has 0 saturated carbocycles. The van der Waals surface area contributed by atoms with Gasteiger partial charge in [0.05, 0.1) is 11.4 Å². The summed E-state index contributed by atoms with van der Waals surface area (Å²) >= 11 is 0. The molecule has 3 atom stereocenters. The van der Waals surface area contributed by atoms with Crippen molar-refractivity contribution >= 4 is 11.7 Å². The molecule has 29 heavy (non-hydrogen) atoms. The van der Waals surface area contributed by atoms with Crippen LogP contribution >= 0.6 is 0 Å². The predicted molar refractivity (Wildman–Crippen MR) is 98.9 cm³/mol. The van der Waals surface area contributed by atoms with Crippen LogP contribution in [0.3, 0.4) is 0 Å². The van der Waals surface area contributed by atoms with Gasteiger partial charge in [0.15, 0.2) is 6.04 Å². The number of hydrogen-bond acceptors (Lipinski definition) is 5. The van der Waals surface area contributed by atoms with E-state index in [1.54, 1.807) is 24.8 Å². The average Bonchev–Trinajstić information content (AvgIpc) is 3.37. The Morgan fingerprint density at radius 1 is 1.38 bits per heavy atom. The lowest BCUT2D eigenvalue weighted by atomic mass is 10.0. The second-order valence-corrected chi connectivity index (χ2v) is 7.88. The molecule has 158 valence electrons. The van der Waals surface area contributed by atoms with Gasteiger partial charge in [0.2, 0.25) is 0 Å². The molecule has 7 nitrogen and oxygen atoms in total. The zero-order chi connectivity index (χ0) is 20.9. The number of fused-ring (bicyclic) bond motifs is 1. The molecule has 1 N–H and O–H groups in total. The van der Waals surface area contributed by atoms with Gasteiger partial charge in [-0.25, -0.2) is 4.68 Å². The zero-order valence-corrected chi connectivity index (χ0v) is 16.6. The lowest BCUT2D eigenvalue weighted by Gasteiger charge is -2.32. The third-order valence-electron chi connectivity index (χ3n) is 5.92. The molecule has 2 aromatic rings. The van der Waals surface area contributed by atoms with E-state index < -0.39 is 12.2 Å². The Morgan fingerprint density at radius 3 is 2.76 bits per heavy atom. The first kappa shape index (κ1) is 19.8. The van der Waals surface area contributed by atoms with Crippen LogP contribution in [0.4, 0.5) is 19.0 Å². The Balaban J connectivity index is 1.55. The maximum atomic E-state index is 13.6. The maximum Gasteiger partial charge on any atom is 0.410 e. The molecule has 1 fully saturated rings. The zero-order valence-electron chi connectivity index (χ0n) is 16.6. The molecule has 1 amide bonds. The Kier molecular flexibility index (Phi) is 4.82. The summed E-state index contributed by atoms with van der Waals surface area (Å²) in [5.74, 6) is 0.602. The molecule has 4 heterocycles. The van der Waals surface area contributed by atoms with Crippen LogP contribution in [0.25, 0.3) is 0 Å². The molecule has 0 aromatic carbocycles. The van der Waals surface area contributed by atoms with Crippen LogP contribution in [0, 0.1) is 13.8 Å². The topological polar surface area (TPSA) is 76.2 Å². The Morgan fingerprint density at radius 2 is 2.14 bits per heavy atom. The maximum absolute atomic E-state index is 13.6. The van der Waals surface area contributed by atoms with Gasteiger partial charge in [0.25, 0.3) is 5.91 Å². The van der Waals surface area contributed by atoms with Gasteiger partial charge in [-0.05, 0) is 33.1 Å². The van der Waals surface area contributed by atoms with Gasteiger partial charge in [0.1, 0.15) is 17.1 Å². The lowest BCUT2D eigenvalue weighted by molar-refractivity contribution is -0.173. The van der Waals surface area contributed by atoms with Gasteiger partial charge in [-0.15, -0.1) is 0 Å². The molecule has 0 aliphatic carbocycles. The fourth-order valence-electron chi connectivity index (χ4n) is 4.27. The smallest absolute Gasteiger partial charge is 0.367 e. The van der Waals surface area contributed by atoms with Crippen molar-refractivity contribution in [3.05, 3.63) is 28.8 Å². The number of rotatable bonds is 3. The minimum absolute atomic E-state index is 0.0323. The molecule has 4 rings (SSSR count). The first-order chi connectivity index (χ1) is 13.7. The molecule has 1 saturated heterocycles. The van der Waals surface area contributed by atoms with Gasteiger partial charge in [-0.1, -0.05) is 12.1 Å². The van der Waals surface area contributed by atoms with Crippen LogP contribution in [0.5, 0.6) is 0 Å². The van der Waals surface area contributed by atoms with Gasteiger partial charge in [-0.3, -0.25) is 4.79 Å². The summed E-state index contributed by atoms with van der Waals surface area (Å²) < 4.78 is 46.8. The van der Waals surface area contributed by atoms with E-state index >= 15 is 0 Å². The quantitative estimate of drug-likeness (QED) is 0.831.